The van der Waals surface area contributed by atoms with Crippen molar-refractivity contribution in [3.8, 4) is 11.5 Å². The largest absolute Gasteiger partial charge is 0.495 e. The molecule has 1 aromatic carbocycles. The maximum atomic E-state index is 12.5. The summed E-state index contributed by atoms with van der Waals surface area (Å²) in [5.74, 6) is 0.255. The molecule has 0 radical (unpaired) electrons. The summed E-state index contributed by atoms with van der Waals surface area (Å²) in [7, 11) is 2.97. The van der Waals surface area contributed by atoms with Crippen molar-refractivity contribution < 1.29 is 19.1 Å². The van der Waals surface area contributed by atoms with E-state index in [1.165, 1.54) is 32.4 Å². The van der Waals surface area contributed by atoms with Crippen LogP contribution in [0.15, 0.2) is 22.3 Å². The minimum atomic E-state index is -0.569. The van der Waals surface area contributed by atoms with E-state index in [-0.39, 0.29) is 18.2 Å². The van der Waals surface area contributed by atoms with Crippen LogP contribution < -0.4 is 20.1 Å². The van der Waals surface area contributed by atoms with E-state index >= 15 is 0 Å². The first-order valence-corrected chi connectivity index (χ1v) is 10.6. The highest BCUT2D eigenvalue weighted by Gasteiger charge is 2.32. The Kier molecular flexibility index (Phi) is 7.38. The lowest BCUT2D eigenvalue weighted by molar-refractivity contribution is -0.122. The Morgan fingerprint density at radius 1 is 1.21 bits per heavy atom. The Hall–Kier alpha value is -2.26. The van der Waals surface area contributed by atoms with Crippen LogP contribution in [0.25, 0.3) is 0 Å². The van der Waals surface area contributed by atoms with Crippen molar-refractivity contribution in [3.05, 3.63) is 17.2 Å². The number of benzene rings is 1. The predicted molar refractivity (Wildman–Crippen MR) is 115 cm³/mol. The zero-order valence-corrected chi connectivity index (χ0v) is 17.9. The standard InChI is InChI=1S/C19H23ClN4O4S/c1-27-14-9-15(28-2)13(8-12(14)20)21-17(25)10-16-18(26)22-19(29-16)24-23-11-6-4-3-5-7-11/h8-9,16H,3-7,10H2,1-2H3,(H,21,25)(H,22,24,26)/t16-/m1/s1. The van der Waals surface area contributed by atoms with Gasteiger partial charge in [0.1, 0.15) is 16.7 Å². The first-order chi connectivity index (χ1) is 14.0. The van der Waals surface area contributed by atoms with Crippen LogP contribution >= 0.6 is 23.4 Å². The summed E-state index contributed by atoms with van der Waals surface area (Å²) in [6.45, 7) is 0. The number of methoxy groups -OCH3 is 2. The molecule has 2 N–H and O–H groups in total. The van der Waals surface area contributed by atoms with Gasteiger partial charge in [-0.15, -0.1) is 5.10 Å². The van der Waals surface area contributed by atoms with Crippen LogP contribution in [-0.2, 0) is 9.59 Å². The SMILES string of the molecule is COc1cc(OC)c(NC(=O)C[C@H]2S/C(=N/N=C3CCCCC3)NC2=O)cc1Cl. The van der Waals surface area contributed by atoms with Crippen molar-refractivity contribution in [1.82, 2.24) is 5.32 Å². The molecule has 2 aliphatic rings. The number of anilines is 1. The van der Waals surface area contributed by atoms with E-state index in [4.69, 9.17) is 21.1 Å². The number of amides is 2. The summed E-state index contributed by atoms with van der Waals surface area (Å²) in [5, 5.41) is 14.0. The Bertz CT molecular complexity index is 851. The van der Waals surface area contributed by atoms with Gasteiger partial charge in [-0.2, -0.15) is 5.10 Å². The van der Waals surface area contributed by atoms with Gasteiger partial charge >= 0.3 is 0 Å². The molecule has 0 unspecified atom stereocenters. The van der Waals surface area contributed by atoms with Gasteiger partial charge in [0, 0.05) is 18.2 Å². The molecular formula is C19H23ClN4O4S. The van der Waals surface area contributed by atoms with Crippen molar-refractivity contribution in [2.45, 2.75) is 43.8 Å². The van der Waals surface area contributed by atoms with E-state index in [2.05, 4.69) is 20.8 Å². The van der Waals surface area contributed by atoms with E-state index in [1.807, 2.05) is 0 Å². The molecule has 3 rings (SSSR count). The number of nitrogens with one attached hydrogen (secondary N) is 2. The summed E-state index contributed by atoms with van der Waals surface area (Å²) < 4.78 is 10.4. The fraction of sp³-hybridized carbons (Fsp3) is 0.474. The van der Waals surface area contributed by atoms with Crippen LogP contribution in [0.5, 0.6) is 11.5 Å². The van der Waals surface area contributed by atoms with Gasteiger partial charge in [-0.3, -0.25) is 9.59 Å². The number of amidine groups is 1. The van der Waals surface area contributed by atoms with Gasteiger partial charge in [-0.1, -0.05) is 29.8 Å². The molecule has 2 amide bonds. The minimum absolute atomic E-state index is 0.0150. The van der Waals surface area contributed by atoms with Crippen molar-refractivity contribution >= 4 is 51.7 Å². The third-order valence-electron chi connectivity index (χ3n) is 4.61. The number of carbonyl (C=O) groups is 2. The summed E-state index contributed by atoms with van der Waals surface area (Å²) >= 11 is 7.33. The van der Waals surface area contributed by atoms with Gasteiger partial charge in [0.2, 0.25) is 11.8 Å². The zero-order valence-electron chi connectivity index (χ0n) is 16.3. The normalized spacial score (nSPS) is 20.4. The molecule has 1 aromatic rings. The highest BCUT2D eigenvalue weighted by molar-refractivity contribution is 8.15. The summed E-state index contributed by atoms with van der Waals surface area (Å²) in [6, 6.07) is 3.14. The van der Waals surface area contributed by atoms with Crippen molar-refractivity contribution in [2.24, 2.45) is 10.2 Å². The van der Waals surface area contributed by atoms with Gasteiger partial charge < -0.3 is 20.1 Å². The number of halogens is 1. The summed E-state index contributed by atoms with van der Waals surface area (Å²) in [6.07, 6.45) is 5.37. The number of nitrogens with zero attached hydrogens (tertiary/aromatic N) is 2. The molecule has 1 saturated heterocycles. The van der Waals surface area contributed by atoms with Gasteiger partial charge in [-0.25, -0.2) is 0 Å². The number of thioether (sulfide) groups is 1. The third-order valence-corrected chi connectivity index (χ3v) is 5.98. The summed E-state index contributed by atoms with van der Waals surface area (Å²) in [4.78, 5) is 24.6. The molecule has 10 heteroatoms. The average Bonchev–Trinajstić information content (AvgIpc) is 3.06. The van der Waals surface area contributed by atoms with Gasteiger partial charge in [-0.05, 0) is 31.7 Å². The van der Waals surface area contributed by atoms with Crippen LogP contribution in [0.2, 0.25) is 5.02 Å². The van der Waals surface area contributed by atoms with Crippen LogP contribution in [0.1, 0.15) is 38.5 Å². The highest BCUT2D eigenvalue weighted by atomic mass is 35.5. The maximum Gasteiger partial charge on any atom is 0.240 e. The predicted octanol–water partition coefficient (Wildman–Crippen LogP) is 3.59. The zero-order chi connectivity index (χ0) is 20.8. The topological polar surface area (TPSA) is 101 Å². The molecule has 29 heavy (non-hydrogen) atoms. The van der Waals surface area contributed by atoms with E-state index in [0.717, 1.165) is 31.4 Å². The Balaban J connectivity index is 1.61. The first-order valence-electron chi connectivity index (χ1n) is 9.32. The molecule has 0 spiro atoms. The molecule has 1 aliphatic carbocycles. The van der Waals surface area contributed by atoms with Gasteiger partial charge in [0.25, 0.3) is 0 Å². The van der Waals surface area contributed by atoms with E-state index in [9.17, 15) is 9.59 Å². The molecule has 0 bridgehead atoms. The Labute approximate surface area is 178 Å². The van der Waals surface area contributed by atoms with Crippen molar-refractivity contribution in [3.63, 3.8) is 0 Å². The van der Waals surface area contributed by atoms with Crippen LogP contribution in [0.3, 0.4) is 0 Å². The molecule has 2 fully saturated rings. The Morgan fingerprint density at radius 3 is 2.62 bits per heavy atom. The lowest BCUT2D eigenvalue weighted by Crippen LogP contribution is -2.28. The molecule has 156 valence electrons. The van der Waals surface area contributed by atoms with Crippen molar-refractivity contribution in [2.75, 3.05) is 19.5 Å². The van der Waals surface area contributed by atoms with Crippen molar-refractivity contribution in [1.29, 1.82) is 0 Å². The first kappa shape index (κ1) is 21.4. The number of hydrogen-bond donors (Lipinski definition) is 2. The lowest BCUT2D eigenvalue weighted by Gasteiger charge is -2.13. The van der Waals surface area contributed by atoms with Gasteiger partial charge in [0.05, 0.1) is 24.9 Å². The molecule has 1 atom stereocenters. The van der Waals surface area contributed by atoms with Crippen LogP contribution in [0.4, 0.5) is 5.69 Å². The second kappa shape index (κ2) is 9.98. The molecule has 1 aliphatic heterocycles. The molecule has 0 aromatic heterocycles. The number of ether oxygens (including phenoxy) is 2. The lowest BCUT2D eigenvalue weighted by atomic mass is 9.99. The van der Waals surface area contributed by atoms with E-state index in [1.54, 1.807) is 12.1 Å². The van der Waals surface area contributed by atoms with E-state index in [0.29, 0.717) is 27.4 Å². The number of hydrogen-bond acceptors (Lipinski definition) is 7. The van der Waals surface area contributed by atoms with Crippen LogP contribution in [-0.4, -0.2) is 42.2 Å². The molecule has 1 saturated carbocycles. The molecular weight excluding hydrogens is 416 g/mol. The fourth-order valence-electron chi connectivity index (χ4n) is 3.09. The Morgan fingerprint density at radius 2 is 1.93 bits per heavy atom. The number of carbonyl (C=O) groups excluding carboxylic acids is 2. The maximum absolute atomic E-state index is 12.5. The highest BCUT2D eigenvalue weighted by Crippen LogP contribution is 2.36. The monoisotopic (exact) mass is 438 g/mol. The van der Waals surface area contributed by atoms with E-state index < -0.39 is 5.25 Å². The quantitative estimate of drug-likeness (QED) is 0.661. The second-order valence-electron chi connectivity index (χ2n) is 6.67. The fourth-order valence-corrected chi connectivity index (χ4v) is 4.25. The smallest absolute Gasteiger partial charge is 0.240 e. The molecule has 1 heterocycles. The second-order valence-corrected chi connectivity index (χ2v) is 8.27. The van der Waals surface area contributed by atoms with Gasteiger partial charge in [0.15, 0.2) is 5.17 Å². The third kappa shape index (κ3) is 5.63. The minimum Gasteiger partial charge on any atom is -0.495 e. The average molecular weight is 439 g/mol. The molecule has 8 nitrogen and oxygen atoms in total. The number of rotatable bonds is 6. The van der Waals surface area contributed by atoms with Crippen LogP contribution in [0, 0.1) is 0 Å². The summed E-state index contributed by atoms with van der Waals surface area (Å²) in [5.41, 5.74) is 1.47.